The lowest BCUT2D eigenvalue weighted by molar-refractivity contribution is 0.215. The Morgan fingerprint density at radius 1 is 1.29 bits per heavy atom. The molecular formula is C12H26N2. The molecule has 2 heteroatoms. The molecule has 0 atom stereocenters. The van der Waals surface area contributed by atoms with Crippen molar-refractivity contribution in [2.75, 3.05) is 19.6 Å². The predicted molar refractivity (Wildman–Crippen MR) is 62.3 cm³/mol. The molecule has 1 saturated heterocycles. The third-order valence-electron chi connectivity index (χ3n) is 3.70. The Labute approximate surface area is 88.8 Å². The van der Waals surface area contributed by atoms with E-state index in [4.69, 9.17) is 5.73 Å². The van der Waals surface area contributed by atoms with Crippen LogP contribution in [0.3, 0.4) is 0 Å². The van der Waals surface area contributed by atoms with Gasteiger partial charge in [0.25, 0.3) is 0 Å². The van der Waals surface area contributed by atoms with Crippen molar-refractivity contribution < 1.29 is 0 Å². The fraction of sp³-hybridized carbons (Fsp3) is 1.00. The first-order valence-corrected chi connectivity index (χ1v) is 5.92. The number of likely N-dealkylation sites (tertiary alicyclic amines) is 1. The van der Waals surface area contributed by atoms with Crippen LogP contribution in [0.5, 0.6) is 0 Å². The van der Waals surface area contributed by atoms with Gasteiger partial charge in [0.1, 0.15) is 0 Å². The van der Waals surface area contributed by atoms with E-state index in [0.717, 1.165) is 19.4 Å². The Balaban J connectivity index is 2.46. The maximum absolute atomic E-state index is 6.32. The summed E-state index contributed by atoms with van der Waals surface area (Å²) in [6, 6.07) is 0. The summed E-state index contributed by atoms with van der Waals surface area (Å²) >= 11 is 0. The molecule has 0 saturated carbocycles. The fourth-order valence-electron chi connectivity index (χ4n) is 2.28. The monoisotopic (exact) mass is 198 g/mol. The van der Waals surface area contributed by atoms with Crippen molar-refractivity contribution in [2.45, 2.75) is 52.5 Å². The van der Waals surface area contributed by atoms with Gasteiger partial charge in [0, 0.05) is 18.6 Å². The van der Waals surface area contributed by atoms with Gasteiger partial charge in [-0.25, -0.2) is 0 Å². The third kappa shape index (κ3) is 2.96. The maximum atomic E-state index is 6.32. The summed E-state index contributed by atoms with van der Waals surface area (Å²) in [4.78, 5) is 2.53. The molecule has 0 amide bonds. The number of nitrogens with zero attached hydrogens (tertiary/aromatic N) is 1. The highest BCUT2D eigenvalue weighted by Gasteiger charge is 2.33. The van der Waals surface area contributed by atoms with Gasteiger partial charge in [-0.3, -0.25) is 0 Å². The second-order valence-electron chi connectivity index (χ2n) is 5.69. The summed E-state index contributed by atoms with van der Waals surface area (Å²) in [6.07, 6.45) is 3.48. The Bertz CT molecular complexity index is 183. The van der Waals surface area contributed by atoms with Crippen LogP contribution >= 0.6 is 0 Å². The minimum atomic E-state index is 0.0421. The van der Waals surface area contributed by atoms with Crippen molar-refractivity contribution >= 4 is 0 Å². The van der Waals surface area contributed by atoms with Gasteiger partial charge < -0.3 is 10.6 Å². The molecule has 1 rings (SSSR count). The van der Waals surface area contributed by atoms with Gasteiger partial charge in [-0.2, -0.15) is 0 Å². The van der Waals surface area contributed by atoms with E-state index in [-0.39, 0.29) is 5.54 Å². The van der Waals surface area contributed by atoms with Gasteiger partial charge in [0.15, 0.2) is 0 Å². The summed E-state index contributed by atoms with van der Waals surface area (Å²) in [7, 11) is 0. The molecule has 2 N–H and O–H groups in total. The van der Waals surface area contributed by atoms with E-state index in [9.17, 15) is 0 Å². The van der Waals surface area contributed by atoms with Crippen LogP contribution in [0.2, 0.25) is 0 Å². The van der Waals surface area contributed by atoms with Crippen LogP contribution in [-0.2, 0) is 0 Å². The minimum Gasteiger partial charge on any atom is -0.324 e. The lowest BCUT2D eigenvalue weighted by Crippen LogP contribution is -2.49. The molecule has 14 heavy (non-hydrogen) atoms. The van der Waals surface area contributed by atoms with E-state index in [1.807, 2.05) is 0 Å². The van der Waals surface area contributed by atoms with E-state index in [1.54, 1.807) is 0 Å². The molecular weight excluding hydrogens is 172 g/mol. The number of rotatable bonds is 4. The van der Waals surface area contributed by atoms with E-state index in [0.29, 0.717) is 5.41 Å². The van der Waals surface area contributed by atoms with Crippen molar-refractivity contribution in [1.82, 2.24) is 4.90 Å². The van der Waals surface area contributed by atoms with Gasteiger partial charge in [-0.1, -0.05) is 27.7 Å². The molecule has 0 unspecified atom stereocenters. The summed E-state index contributed by atoms with van der Waals surface area (Å²) in [6.45, 7) is 12.6. The Morgan fingerprint density at radius 3 is 2.21 bits per heavy atom. The van der Waals surface area contributed by atoms with Crippen LogP contribution in [0.4, 0.5) is 0 Å². The minimum absolute atomic E-state index is 0.0421. The van der Waals surface area contributed by atoms with Crippen LogP contribution in [0, 0.1) is 5.41 Å². The van der Waals surface area contributed by atoms with Crippen molar-refractivity contribution in [3.63, 3.8) is 0 Å². The average molecular weight is 198 g/mol. The van der Waals surface area contributed by atoms with Crippen molar-refractivity contribution in [1.29, 1.82) is 0 Å². The summed E-state index contributed by atoms with van der Waals surface area (Å²) in [5, 5.41) is 0. The average Bonchev–Trinajstić information content (AvgIpc) is 2.45. The van der Waals surface area contributed by atoms with Gasteiger partial charge >= 0.3 is 0 Å². The van der Waals surface area contributed by atoms with Crippen LogP contribution in [0.15, 0.2) is 0 Å². The first-order valence-electron chi connectivity index (χ1n) is 5.92. The topological polar surface area (TPSA) is 29.3 Å². The van der Waals surface area contributed by atoms with Crippen LogP contribution in [0.25, 0.3) is 0 Å². The molecule has 1 aliphatic heterocycles. The first-order chi connectivity index (χ1) is 6.41. The van der Waals surface area contributed by atoms with Gasteiger partial charge in [-0.15, -0.1) is 0 Å². The third-order valence-corrected chi connectivity index (χ3v) is 3.70. The Hall–Kier alpha value is -0.0800. The van der Waals surface area contributed by atoms with Crippen LogP contribution < -0.4 is 5.73 Å². The fourth-order valence-corrected chi connectivity index (χ4v) is 2.28. The van der Waals surface area contributed by atoms with Gasteiger partial charge in [0.05, 0.1) is 0 Å². The van der Waals surface area contributed by atoms with Crippen molar-refractivity contribution in [2.24, 2.45) is 11.1 Å². The predicted octanol–water partition coefficient (Wildman–Crippen LogP) is 2.24. The van der Waals surface area contributed by atoms with Crippen molar-refractivity contribution in [3.8, 4) is 0 Å². The zero-order valence-electron chi connectivity index (χ0n) is 10.3. The van der Waals surface area contributed by atoms with Gasteiger partial charge in [-0.05, 0) is 31.2 Å². The highest BCUT2D eigenvalue weighted by molar-refractivity contribution is 4.90. The molecule has 1 aliphatic rings. The van der Waals surface area contributed by atoms with Crippen LogP contribution in [0.1, 0.15) is 47.0 Å². The highest BCUT2D eigenvalue weighted by Crippen LogP contribution is 2.30. The lowest BCUT2D eigenvalue weighted by Gasteiger charge is -2.32. The molecule has 0 aliphatic carbocycles. The lowest BCUT2D eigenvalue weighted by atomic mass is 9.92. The molecule has 0 bridgehead atoms. The van der Waals surface area contributed by atoms with Crippen LogP contribution in [-0.4, -0.2) is 30.1 Å². The Kier molecular flexibility index (Phi) is 3.59. The molecule has 0 spiro atoms. The SMILES string of the molecule is CCC(N)(CC)CN1CCC(C)(C)C1. The van der Waals surface area contributed by atoms with E-state index in [2.05, 4.69) is 32.6 Å². The molecule has 0 aromatic rings. The molecule has 0 radical (unpaired) electrons. The van der Waals surface area contributed by atoms with Crippen molar-refractivity contribution in [3.05, 3.63) is 0 Å². The molecule has 0 aromatic heterocycles. The maximum Gasteiger partial charge on any atom is 0.0278 e. The summed E-state index contributed by atoms with van der Waals surface area (Å²) in [5.74, 6) is 0. The Morgan fingerprint density at radius 2 is 1.86 bits per heavy atom. The normalized spacial score (nSPS) is 22.9. The summed E-state index contributed by atoms with van der Waals surface area (Å²) < 4.78 is 0. The second-order valence-corrected chi connectivity index (χ2v) is 5.69. The molecule has 0 aromatic carbocycles. The molecule has 2 nitrogen and oxygen atoms in total. The number of nitrogens with two attached hydrogens (primary N) is 1. The van der Waals surface area contributed by atoms with E-state index >= 15 is 0 Å². The standard InChI is InChI=1S/C12H26N2/c1-5-12(13,6-2)10-14-8-7-11(3,4)9-14/h5-10,13H2,1-4H3. The highest BCUT2D eigenvalue weighted by atomic mass is 15.2. The largest absolute Gasteiger partial charge is 0.324 e. The molecule has 1 fully saturated rings. The second kappa shape index (κ2) is 4.19. The zero-order valence-corrected chi connectivity index (χ0v) is 10.3. The first kappa shape index (κ1) is 12.0. The van der Waals surface area contributed by atoms with E-state index < -0.39 is 0 Å². The molecule has 1 heterocycles. The van der Waals surface area contributed by atoms with E-state index in [1.165, 1.54) is 19.5 Å². The zero-order chi connectivity index (χ0) is 10.8. The molecule has 84 valence electrons. The smallest absolute Gasteiger partial charge is 0.0278 e. The van der Waals surface area contributed by atoms with Gasteiger partial charge in [0.2, 0.25) is 0 Å². The summed E-state index contributed by atoms with van der Waals surface area (Å²) in [5.41, 5.74) is 6.87. The number of hydrogen-bond donors (Lipinski definition) is 1. The number of hydrogen-bond acceptors (Lipinski definition) is 2. The quantitative estimate of drug-likeness (QED) is 0.750.